The van der Waals surface area contributed by atoms with Gasteiger partial charge in [0.25, 0.3) is 5.91 Å². The van der Waals surface area contributed by atoms with Crippen molar-refractivity contribution in [1.29, 1.82) is 0 Å². The third-order valence-corrected chi connectivity index (χ3v) is 5.52. The lowest BCUT2D eigenvalue weighted by atomic mass is 9.62. The molecule has 0 spiro atoms. The van der Waals surface area contributed by atoms with E-state index in [4.69, 9.17) is 10.5 Å². The summed E-state index contributed by atoms with van der Waals surface area (Å²) in [6.07, 6.45) is 5.26. The summed E-state index contributed by atoms with van der Waals surface area (Å²) in [5.41, 5.74) is 6.48. The predicted molar refractivity (Wildman–Crippen MR) is 84.4 cm³/mol. The topological polar surface area (TPSA) is 68.4 Å². The summed E-state index contributed by atoms with van der Waals surface area (Å²) < 4.78 is 6.15. The Hall–Kier alpha value is -1.46. The fraction of sp³-hybridized carbons (Fsp3) is 0.647. The second-order valence-corrected chi connectivity index (χ2v) is 6.47. The number of nitrogens with two attached hydrogens (primary N) is 1. The fourth-order valence-corrected chi connectivity index (χ4v) is 4.51. The molecule has 5 heteroatoms. The zero-order valence-electron chi connectivity index (χ0n) is 13.4. The summed E-state index contributed by atoms with van der Waals surface area (Å²) >= 11 is 0. The molecule has 2 aliphatic rings. The number of hydrogen-bond acceptors (Lipinski definition) is 4. The van der Waals surface area contributed by atoms with Crippen molar-refractivity contribution in [1.82, 2.24) is 9.88 Å². The highest BCUT2D eigenvalue weighted by atomic mass is 16.5. The number of primary amides is 1. The molecule has 120 valence electrons. The van der Waals surface area contributed by atoms with Crippen molar-refractivity contribution < 1.29 is 9.53 Å². The number of aromatic nitrogens is 1. The second kappa shape index (κ2) is 5.97. The smallest absolute Gasteiger partial charge is 0.267 e. The van der Waals surface area contributed by atoms with E-state index in [1.807, 2.05) is 12.1 Å². The average Bonchev–Trinajstić information content (AvgIpc) is 2.53. The van der Waals surface area contributed by atoms with Crippen LogP contribution in [0.4, 0.5) is 0 Å². The molecule has 22 heavy (non-hydrogen) atoms. The van der Waals surface area contributed by atoms with Crippen LogP contribution < -0.4 is 5.73 Å². The van der Waals surface area contributed by atoms with Crippen molar-refractivity contribution in [3.8, 4) is 0 Å². The first-order valence-corrected chi connectivity index (χ1v) is 8.15. The van der Waals surface area contributed by atoms with E-state index in [1.165, 1.54) is 6.42 Å². The zero-order valence-corrected chi connectivity index (χ0v) is 13.4. The van der Waals surface area contributed by atoms with Crippen LogP contribution in [0.3, 0.4) is 0 Å². The van der Waals surface area contributed by atoms with Crippen LogP contribution in [-0.2, 0) is 10.3 Å². The van der Waals surface area contributed by atoms with E-state index in [0.717, 1.165) is 38.0 Å². The minimum Gasteiger partial charge on any atom is -0.373 e. The summed E-state index contributed by atoms with van der Waals surface area (Å²) in [4.78, 5) is 18.1. The zero-order chi connectivity index (χ0) is 15.7. The number of nitrogens with zero attached hydrogens (tertiary/aromatic N) is 2. The Morgan fingerprint density at radius 1 is 1.45 bits per heavy atom. The molecule has 0 radical (unpaired) electrons. The van der Waals surface area contributed by atoms with E-state index in [1.54, 1.807) is 13.3 Å². The van der Waals surface area contributed by atoms with Crippen LogP contribution in [0.15, 0.2) is 18.3 Å². The Labute approximate surface area is 131 Å². The number of likely N-dealkylation sites (tertiary alicyclic amines) is 1. The molecule has 1 saturated heterocycles. The molecule has 2 heterocycles. The number of ether oxygens (including phenoxy) is 1. The molecule has 1 amide bonds. The summed E-state index contributed by atoms with van der Waals surface area (Å²) in [5, 5.41) is 0. The van der Waals surface area contributed by atoms with Gasteiger partial charge in [0, 0.05) is 38.2 Å². The molecular weight excluding hydrogens is 278 g/mol. The van der Waals surface area contributed by atoms with Gasteiger partial charge in [0.15, 0.2) is 0 Å². The monoisotopic (exact) mass is 303 g/mol. The van der Waals surface area contributed by atoms with Crippen molar-refractivity contribution in [3.63, 3.8) is 0 Å². The largest absolute Gasteiger partial charge is 0.373 e. The highest BCUT2D eigenvalue weighted by molar-refractivity contribution is 5.90. The number of carbonyl (C=O) groups excluding carboxylic acids is 1. The van der Waals surface area contributed by atoms with Crippen LogP contribution in [0.1, 0.15) is 42.2 Å². The first kappa shape index (κ1) is 15.4. The number of methoxy groups -OCH3 is 1. The van der Waals surface area contributed by atoms with Crippen molar-refractivity contribution in [2.75, 3.05) is 26.7 Å². The van der Waals surface area contributed by atoms with E-state index < -0.39 is 5.91 Å². The number of hydrogen-bond donors (Lipinski definition) is 1. The standard InChI is InChI=1S/C17H25N3O2/c1-3-20-10-13-5-4-6-14(11-20)17(13,22-2)12-7-8-19-15(9-12)16(18)21/h7-9,13-14H,3-6,10-11H2,1-2H3,(H2,18,21)/t13-,14+,17+. The highest BCUT2D eigenvalue weighted by Crippen LogP contribution is 2.51. The van der Waals surface area contributed by atoms with Gasteiger partial charge in [-0.1, -0.05) is 13.3 Å². The van der Waals surface area contributed by atoms with Crippen molar-refractivity contribution in [3.05, 3.63) is 29.6 Å². The normalized spacial score (nSPS) is 31.9. The first-order chi connectivity index (χ1) is 10.6. The molecule has 1 aliphatic carbocycles. The number of fused-ring (bicyclic) bond motifs is 2. The molecule has 3 rings (SSSR count). The Morgan fingerprint density at radius 3 is 2.68 bits per heavy atom. The number of piperidine rings is 1. The SMILES string of the molecule is CCN1C[C@H]2CCC[C@@H](C1)[C@]2(OC)c1ccnc(C(N)=O)c1. The predicted octanol–water partition coefficient (Wildman–Crippen LogP) is 1.77. The van der Waals surface area contributed by atoms with Gasteiger partial charge in [0.1, 0.15) is 11.3 Å². The Kier molecular flexibility index (Phi) is 4.19. The maximum atomic E-state index is 11.5. The van der Waals surface area contributed by atoms with E-state index in [9.17, 15) is 4.79 Å². The van der Waals surface area contributed by atoms with E-state index in [2.05, 4.69) is 16.8 Å². The summed E-state index contributed by atoms with van der Waals surface area (Å²) in [6.45, 7) is 5.40. The quantitative estimate of drug-likeness (QED) is 0.920. The third-order valence-electron chi connectivity index (χ3n) is 5.52. The maximum Gasteiger partial charge on any atom is 0.267 e. The van der Waals surface area contributed by atoms with Crippen LogP contribution in [-0.4, -0.2) is 42.5 Å². The molecule has 1 saturated carbocycles. The lowest BCUT2D eigenvalue weighted by molar-refractivity contribution is -0.168. The number of carbonyl (C=O) groups is 1. The van der Waals surface area contributed by atoms with Gasteiger partial charge in [0.05, 0.1) is 0 Å². The van der Waals surface area contributed by atoms with E-state index in [0.29, 0.717) is 17.5 Å². The lowest BCUT2D eigenvalue weighted by Gasteiger charge is -2.55. The maximum absolute atomic E-state index is 11.5. The van der Waals surface area contributed by atoms with Crippen LogP contribution in [0.5, 0.6) is 0 Å². The molecule has 1 aromatic heterocycles. The Morgan fingerprint density at radius 2 is 2.14 bits per heavy atom. The lowest BCUT2D eigenvalue weighted by Crippen LogP contribution is -2.59. The molecule has 1 aliphatic heterocycles. The molecule has 5 nitrogen and oxygen atoms in total. The van der Waals surface area contributed by atoms with Gasteiger partial charge in [-0.3, -0.25) is 9.78 Å². The summed E-state index contributed by atoms with van der Waals surface area (Å²) in [5.74, 6) is 0.422. The van der Waals surface area contributed by atoms with Crippen molar-refractivity contribution >= 4 is 5.91 Å². The second-order valence-electron chi connectivity index (χ2n) is 6.47. The minimum absolute atomic E-state index is 0.308. The van der Waals surface area contributed by atoms with Gasteiger partial charge in [-0.2, -0.15) is 0 Å². The summed E-state index contributed by atoms with van der Waals surface area (Å²) in [6, 6.07) is 3.82. The van der Waals surface area contributed by atoms with Gasteiger partial charge >= 0.3 is 0 Å². The highest BCUT2D eigenvalue weighted by Gasteiger charge is 2.53. The molecule has 1 aromatic rings. The molecule has 2 fully saturated rings. The van der Waals surface area contributed by atoms with Crippen LogP contribution >= 0.6 is 0 Å². The van der Waals surface area contributed by atoms with Crippen molar-refractivity contribution in [2.45, 2.75) is 31.8 Å². The minimum atomic E-state index is -0.482. The molecule has 0 aromatic carbocycles. The van der Waals surface area contributed by atoms with Gasteiger partial charge in [-0.05, 0) is 37.1 Å². The Balaban J connectivity index is 2.04. The van der Waals surface area contributed by atoms with Crippen LogP contribution in [0.2, 0.25) is 0 Å². The molecule has 2 N–H and O–H groups in total. The van der Waals surface area contributed by atoms with Crippen LogP contribution in [0.25, 0.3) is 0 Å². The van der Waals surface area contributed by atoms with Crippen LogP contribution in [0, 0.1) is 11.8 Å². The van der Waals surface area contributed by atoms with E-state index in [-0.39, 0.29) is 5.60 Å². The van der Waals surface area contributed by atoms with Gasteiger partial charge in [0.2, 0.25) is 0 Å². The molecule has 3 atom stereocenters. The van der Waals surface area contributed by atoms with Crippen molar-refractivity contribution in [2.24, 2.45) is 17.6 Å². The van der Waals surface area contributed by atoms with Gasteiger partial charge in [-0.25, -0.2) is 0 Å². The molecule has 2 bridgehead atoms. The fourth-order valence-electron chi connectivity index (χ4n) is 4.51. The number of pyridine rings is 1. The number of rotatable bonds is 4. The van der Waals surface area contributed by atoms with E-state index >= 15 is 0 Å². The Bertz CT molecular complexity index is 547. The molecular formula is C17H25N3O2. The average molecular weight is 303 g/mol. The van der Waals surface area contributed by atoms with Gasteiger partial charge < -0.3 is 15.4 Å². The third kappa shape index (κ3) is 2.32. The number of amides is 1. The van der Waals surface area contributed by atoms with Gasteiger partial charge in [-0.15, -0.1) is 0 Å². The molecule has 0 unspecified atom stereocenters. The summed E-state index contributed by atoms with van der Waals surface area (Å²) in [7, 11) is 1.80. The first-order valence-electron chi connectivity index (χ1n) is 8.15.